The van der Waals surface area contributed by atoms with Gasteiger partial charge in [0.15, 0.2) is 0 Å². The predicted molar refractivity (Wildman–Crippen MR) is 111 cm³/mol. The molecule has 2 N–H and O–H groups in total. The van der Waals surface area contributed by atoms with Crippen molar-refractivity contribution in [2.24, 2.45) is 29.1 Å². The van der Waals surface area contributed by atoms with Crippen LogP contribution in [-0.4, -0.2) is 25.0 Å². The molecule has 0 aliphatic heterocycles. The fraction of sp³-hybridized carbons (Fsp3) is 0.957. The molecule has 0 unspecified atom stereocenters. The Morgan fingerprint density at radius 2 is 1.35 bits per heavy atom. The zero-order valence-electron chi connectivity index (χ0n) is 18.1. The summed E-state index contributed by atoms with van der Waals surface area (Å²) in [6, 6.07) is 0.564. The zero-order chi connectivity index (χ0) is 19.2. The maximum Gasteiger partial charge on any atom is 0.223 e. The van der Waals surface area contributed by atoms with Crippen molar-refractivity contribution in [2.75, 3.05) is 13.1 Å². The van der Waals surface area contributed by atoms with Crippen molar-refractivity contribution in [1.29, 1.82) is 0 Å². The first-order valence-electron chi connectivity index (χ1n) is 11.2. The Morgan fingerprint density at radius 3 is 1.88 bits per heavy atom. The van der Waals surface area contributed by atoms with Gasteiger partial charge in [0.2, 0.25) is 5.91 Å². The highest BCUT2D eigenvalue weighted by atomic mass is 16.1. The van der Waals surface area contributed by atoms with Gasteiger partial charge in [0.05, 0.1) is 0 Å². The molecule has 2 aliphatic carbocycles. The molecule has 3 nitrogen and oxygen atoms in total. The summed E-state index contributed by atoms with van der Waals surface area (Å²) in [4.78, 5) is 12.5. The number of hydrogen-bond acceptors (Lipinski definition) is 2. The second-order valence-electron chi connectivity index (χ2n) is 10.7. The number of amides is 1. The maximum absolute atomic E-state index is 12.5. The second kappa shape index (κ2) is 10.1. The molecule has 0 aromatic carbocycles. The Morgan fingerprint density at radius 1 is 0.846 bits per heavy atom. The van der Waals surface area contributed by atoms with Crippen LogP contribution in [0.1, 0.15) is 92.4 Å². The fourth-order valence-corrected chi connectivity index (χ4v) is 4.93. The molecule has 0 radical (unpaired) electrons. The molecular weight excluding hydrogens is 320 g/mol. The van der Waals surface area contributed by atoms with Gasteiger partial charge in [-0.05, 0) is 74.7 Å². The average Bonchev–Trinajstić information content (AvgIpc) is 2.58. The van der Waals surface area contributed by atoms with Gasteiger partial charge in [-0.25, -0.2) is 0 Å². The number of hydrogen-bond donors (Lipinski definition) is 2. The Hall–Kier alpha value is -0.570. The molecule has 0 heterocycles. The van der Waals surface area contributed by atoms with Crippen molar-refractivity contribution < 1.29 is 4.79 Å². The van der Waals surface area contributed by atoms with Crippen molar-refractivity contribution in [3.8, 4) is 0 Å². The molecule has 2 rings (SSSR count). The van der Waals surface area contributed by atoms with E-state index >= 15 is 0 Å². The molecule has 0 saturated heterocycles. The lowest BCUT2D eigenvalue weighted by Crippen LogP contribution is -2.38. The van der Waals surface area contributed by atoms with E-state index in [0.29, 0.717) is 23.3 Å². The van der Waals surface area contributed by atoms with Crippen molar-refractivity contribution in [3.05, 3.63) is 0 Å². The molecule has 2 fully saturated rings. The topological polar surface area (TPSA) is 41.1 Å². The minimum absolute atomic E-state index is 0.266. The summed E-state index contributed by atoms with van der Waals surface area (Å²) in [5, 5.41) is 6.84. The maximum atomic E-state index is 12.5. The Bertz CT molecular complexity index is 410. The summed E-state index contributed by atoms with van der Waals surface area (Å²) in [5.41, 5.74) is 0.454. The first-order chi connectivity index (χ1) is 12.2. The first-order valence-corrected chi connectivity index (χ1v) is 11.2. The van der Waals surface area contributed by atoms with Gasteiger partial charge in [-0.15, -0.1) is 0 Å². The lowest BCUT2D eigenvalue weighted by atomic mass is 9.74. The summed E-state index contributed by atoms with van der Waals surface area (Å²) in [6.07, 6.45) is 11.2. The summed E-state index contributed by atoms with van der Waals surface area (Å²) in [7, 11) is 0. The molecule has 1 amide bonds. The van der Waals surface area contributed by atoms with Crippen molar-refractivity contribution >= 4 is 5.91 Å². The van der Waals surface area contributed by atoms with E-state index in [1.54, 1.807) is 0 Å². The van der Waals surface area contributed by atoms with Crippen LogP contribution in [0.15, 0.2) is 0 Å². The Kier molecular flexibility index (Phi) is 8.44. The molecular formula is C23H44N2O. The molecule has 2 aliphatic rings. The normalized spacial score (nSPS) is 30.4. The third-order valence-corrected chi connectivity index (χ3v) is 6.46. The number of nitrogens with one attached hydrogen (secondary N) is 2. The standard InChI is InChI=1S/C23H44N2O/c1-17(2)24-15-20-10-12-21(13-11-20)22(26)25-16-19-8-6-18(7-9-19)14-23(3,4)5/h17-21,24H,6-16H2,1-5H3,(H,25,26). The van der Waals surface area contributed by atoms with Gasteiger partial charge in [-0.3, -0.25) is 4.79 Å². The quantitative estimate of drug-likeness (QED) is 0.656. The minimum Gasteiger partial charge on any atom is -0.356 e. The van der Waals surface area contributed by atoms with E-state index in [9.17, 15) is 4.79 Å². The zero-order valence-corrected chi connectivity index (χ0v) is 18.1. The smallest absolute Gasteiger partial charge is 0.223 e. The molecule has 0 spiro atoms. The molecule has 0 aromatic heterocycles. The molecule has 3 heteroatoms. The third-order valence-electron chi connectivity index (χ3n) is 6.46. The van der Waals surface area contributed by atoms with Crippen molar-refractivity contribution in [1.82, 2.24) is 10.6 Å². The Labute approximate surface area is 162 Å². The Balaban J connectivity index is 1.60. The van der Waals surface area contributed by atoms with Gasteiger partial charge in [-0.1, -0.05) is 47.5 Å². The lowest BCUT2D eigenvalue weighted by molar-refractivity contribution is -0.126. The summed E-state index contributed by atoms with van der Waals surface area (Å²) in [5.74, 6) is 2.97. The molecule has 26 heavy (non-hydrogen) atoms. The third kappa shape index (κ3) is 7.98. The van der Waals surface area contributed by atoms with Crippen LogP contribution in [0.3, 0.4) is 0 Å². The van der Waals surface area contributed by atoms with Crippen LogP contribution in [0.2, 0.25) is 0 Å². The largest absolute Gasteiger partial charge is 0.356 e. The summed E-state index contributed by atoms with van der Waals surface area (Å²) in [6.45, 7) is 13.5. The lowest BCUT2D eigenvalue weighted by Gasteiger charge is -2.33. The van der Waals surface area contributed by atoms with Crippen molar-refractivity contribution in [2.45, 2.75) is 98.4 Å². The van der Waals surface area contributed by atoms with Gasteiger partial charge in [-0.2, -0.15) is 0 Å². The van der Waals surface area contributed by atoms with Gasteiger partial charge < -0.3 is 10.6 Å². The van der Waals surface area contributed by atoms with Crippen LogP contribution in [0.5, 0.6) is 0 Å². The highest BCUT2D eigenvalue weighted by Crippen LogP contribution is 2.36. The average molecular weight is 365 g/mol. The molecule has 2 saturated carbocycles. The number of carbonyl (C=O) groups is 1. The second-order valence-corrected chi connectivity index (χ2v) is 10.7. The van der Waals surface area contributed by atoms with Gasteiger partial charge in [0.1, 0.15) is 0 Å². The molecule has 0 bridgehead atoms. The summed E-state index contributed by atoms with van der Waals surface area (Å²) < 4.78 is 0. The molecule has 152 valence electrons. The van der Waals surface area contributed by atoms with Crippen LogP contribution in [0.4, 0.5) is 0 Å². The highest BCUT2D eigenvalue weighted by Gasteiger charge is 2.28. The van der Waals surface area contributed by atoms with Crippen LogP contribution in [0, 0.1) is 29.1 Å². The monoisotopic (exact) mass is 364 g/mol. The van der Waals surface area contributed by atoms with E-state index < -0.39 is 0 Å². The van der Waals surface area contributed by atoms with E-state index in [-0.39, 0.29) is 5.92 Å². The van der Waals surface area contributed by atoms with Crippen LogP contribution < -0.4 is 10.6 Å². The SMILES string of the molecule is CC(C)NCC1CCC(C(=O)NCC2CCC(CC(C)(C)C)CC2)CC1. The minimum atomic E-state index is 0.266. The number of rotatable bonds is 7. The van der Waals surface area contributed by atoms with E-state index in [1.807, 2.05) is 0 Å². The van der Waals surface area contributed by atoms with Crippen molar-refractivity contribution in [3.63, 3.8) is 0 Å². The highest BCUT2D eigenvalue weighted by molar-refractivity contribution is 5.78. The van der Waals surface area contributed by atoms with Crippen LogP contribution >= 0.6 is 0 Å². The van der Waals surface area contributed by atoms with Crippen LogP contribution in [-0.2, 0) is 4.79 Å². The molecule has 0 aromatic rings. The van der Waals surface area contributed by atoms with Crippen LogP contribution in [0.25, 0.3) is 0 Å². The predicted octanol–water partition coefficient (Wildman–Crippen LogP) is 5.15. The van der Waals surface area contributed by atoms with E-state index in [1.165, 1.54) is 44.9 Å². The van der Waals surface area contributed by atoms with E-state index in [0.717, 1.165) is 37.8 Å². The van der Waals surface area contributed by atoms with Gasteiger partial charge in [0.25, 0.3) is 0 Å². The van der Waals surface area contributed by atoms with Gasteiger partial charge >= 0.3 is 0 Å². The first kappa shape index (κ1) is 21.7. The number of carbonyl (C=O) groups excluding carboxylic acids is 1. The fourth-order valence-electron chi connectivity index (χ4n) is 4.93. The van der Waals surface area contributed by atoms with Gasteiger partial charge in [0, 0.05) is 18.5 Å². The van der Waals surface area contributed by atoms with E-state index in [2.05, 4.69) is 45.3 Å². The molecule has 0 atom stereocenters. The summed E-state index contributed by atoms with van der Waals surface area (Å²) >= 11 is 0. The van der Waals surface area contributed by atoms with E-state index in [4.69, 9.17) is 0 Å².